The summed E-state index contributed by atoms with van der Waals surface area (Å²) in [6.07, 6.45) is 0.835. The van der Waals surface area contributed by atoms with Crippen LogP contribution in [0.5, 0.6) is 5.75 Å². The number of amides is 1. The van der Waals surface area contributed by atoms with Crippen LogP contribution in [0.4, 0.5) is 4.79 Å². The second-order valence-corrected chi connectivity index (χ2v) is 2.62. The molecule has 1 heterocycles. The lowest BCUT2D eigenvalue weighted by atomic mass is 10.3. The van der Waals surface area contributed by atoms with Crippen molar-refractivity contribution in [3.05, 3.63) is 24.6 Å². The normalized spacial score (nSPS) is 10.1. The molecule has 1 N–H and O–H groups in total. The topological polar surface area (TPSA) is 64.4 Å². The Hall–Kier alpha value is -2.04. The Morgan fingerprint density at radius 2 is 2.43 bits per heavy atom. The van der Waals surface area contributed by atoms with Gasteiger partial charge in [-0.3, -0.25) is 0 Å². The average molecular weight is 192 g/mol. The highest BCUT2D eigenvalue weighted by atomic mass is 16.5. The van der Waals surface area contributed by atoms with Gasteiger partial charge in [-0.05, 0) is 12.1 Å². The summed E-state index contributed by atoms with van der Waals surface area (Å²) in [5.74, 6) is 0.436. The van der Waals surface area contributed by atoms with Gasteiger partial charge in [0, 0.05) is 13.1 Å². The van der Waals surface area contributed by atoms with Crippen molar-refractivity contribution < 1.29 is 13.9 Å². The van der Waals surface area contributed by atoms with Crippen LogP contribution in [-0.2, 0) is 0 Å². The SMILES string of the molecule is CNC(=O)Oc1ccc2ocnc2c1. The molecule has 0 bridgehead atoms. The molecule has 1 aromatic carbocycles. The van der Waals surface area contributed by atoms with E-state index in [9.17, 15) is 4.79 Å². The molecule has 2 aromatic rings. The van der Waals surface area contributed by atoms with Crippen molar-refractivity contribution in [1.82, 2.24) is 10.3 Å². The van der Waals surface area contributed by atoms with E-state index in [0.29, 0.717) is 16.8 Å². The summed E-state index contributed by atoms with van der Waals surface area (Å²) in [4.78, 5) is 14.8. The van der Waals surface area contributed by atoms with Gasteiger partial charge in [-0.15, -0.1) is 0 Å². The molecule has 0 aliphatic rings. The predicted molar refractivity (Wildman–Crippen MR) is 49.1 cm³/mol. The molecule has 1 aromatic heterocycles. The maximum Gasteiger partial charge on any atom is 0.412 e. The fourth-order valence-corrected chi connectivity index (χ4v) is 1.06. The number of aromatic nitrogens is 1. The molecule has 72 valence electrons. The number of rotatable bonds is 1. The van der Waals surface area contributed by atoms with Gasteiger partial charge in [0.1, 0.15) is 11.3 Å². The van der Waals surface area contributed by atoms with Crippen molar-refractivity contribution in [2.24, 2.45) is 0 Å². The van der Waals surface area contributed by atoms with E-state index in [0.717, 1.165) is 0 Å². The lowest BCUT2D eigenvalue weighted by molar-refractivity contribution is 0.203. The molecule has 5 heteroatoms. The Kier molecular flexibility index (Phi) is 2.06. The summed E-state index contributed by atoms with van der Waals surface area (Å²) in [7, 11) is 1.50. The van der Waals surface area contributed by atoms with Gasteiger partial charge in [-0.1, -0.05) is 0 Å². The molecule has 0 atom stereocenters. The standard InChI is InChI=1S/C9H8N2O3/c1-10-9(12)14-6-2-3-8-7(4-6)11-5-13-8/h2-5H,1H3,(H,10,12). The minimum Gasteiger partial charge on any atom is -0.443 e. The second-order valence-electron chi connectivity index (χ2n) is 2.62. The molecule has 0 radical (unpaired) electrons. The van der Waals surface area contributed by atoms with Gasteiger partial charge in [0.05, 0.1) is 0 Å². The van der Waals surface area contributed by atoms with Crippen LogP contribution < -0.4 is 10.1 Å². The smallest absolute Gasteiger partial charge is 0.412 e. The van der Waals surface area contributed by atoms with Crippen LogP contribution in [0, 0.1) is 0 Å². The molecule has 0 spiro atoms. The number of fused-ring (bicyclic) bond motifs is 1. The number of nitrogens with one attached hydrogen (secondary N) is 1. The first-order chi connectivity index (χ1) is 6.79. The number of hydrogen-bond donors (Lipinski definition) is 1. The Labute approximate surface area is 79.7 Å². The van der Waals surface area contributed by atoms with Crippen LogP contribution in [0.15, 0.2) is 29.0 Å². The molecule has 0 unspecified atom stereocenters. The van der Waals surface area contributed by atoms with Crippen molar-refractivity contribution in [2.75, 3.05) is 7.05 Å². The second kappa shape index (κ2) is 3.37. The summed E-state index contributed by atoms with van der Waals surface area (Å²) in [6, 6.07) is 4.97. The highest BCUT2D eigenvalue weighted by molar-refractivity contribution is 5.76. The van der Waals surface area contributed by atoms with Crippen LogP contribution >= 0.6 is 0 Å². The monoisotopic (exact) mass is 192 g/mol. The molecule has 0 saturated carbocycles. The average Bonchev–Trinajstić information content (AvgIpc) is 2.64. The molecular formula is C9H8N2O3. The summed E-state index contributed by atoms with van der Waals surface area (Å²) in [5.41, 5.74) is 1.32. The quantitative estimate of drug-likeness (QED) is 0.744. The minimum atomic E-state index is -0.507. The number of ether oxygens (including phenoxy) is 1. The first-order valence-electron chi connectivity index (χ1n) is 4.02. The summed E-state index contributed by atoms with van der Waals surface area (Å²) in [6.45, 7) is 0. The number of carbonyl (C=O) groups excluding carboxylic acids is 1. The Bertz CT molecular complexity index is 464. The maximum atomic E-state index is 10.9. The number of oxazole rings is 1. The predicted octanol–water partition coefficient (Wildman–Crippen LogP) is 1.55. The van der Waals surface area contributed by atoms with E-state index in [1.165, 1.54) is 13.4 Å². The summed E-state index contributed by atoms with van der Waals surface area (Å²) >= 11 is 0. The molecule has 0 saturated heterocycles. The lowest BCUT2D eigenvalue weighted by Crippen LogP contribution is -2.21. The first kappa shape index (κ1) is 8.55. The van der Waals surface area contributed by atoms with Gasteiger partial charge in [-0.25, -0.2) is 9.78 Å². The number of nitrogens with zero attached hydrogens (tertiary/aromatic N) is 1. The molecule has 2 rings (SSSR count). The summed E-state index contributed by atoms with van der Waals surface area (Å²) < 4.78 is 9.95. The first-order valence-corrected chi connectivity index (χ1v) is 4.02. The van der Waals surface area contributed by atoms with Crippen LogP contribution in [0.25, 0.3) is 11.1 Å². The van der Waals surface area contributed by atoms with Crippen molar-refractivity contribution in [3.8, 4) is 5.75 Å². The van der Waals surface area contributed by atoms with Gasteiger partial charge < -0.3 is 14.5 Å². The Balaban J connectivity index is 2.30. The fourth-order valence-electron chi connectivity index (χ4n) is 1.06. The number of benzene rings is 1. The fraction of sp³-hybridized carbons (Fsp3) is 0.111. The Morgan fingerprint density at radius 1 is 1.57 bits per heavy atom. The molecule has 0 aliphatic heterocycles. The van der Waals surface area contributed by atoms with Crippen molar-refractivity contribution in [1.29, 1.82) is 0 Å². The largest absolute Gasteiger partial charge is 0.443 e. The zero-order valence-electron chi connectivity index (χ0n) is 7.48. The van der Waals surface area contributed by atoms with E-state index in [1.807, 2.05) is 0 Å². The molecular weight excluding hydrogens is 184 g/mol. The van der Waals surface area contributed by atoms with Crippen LogP contribution in [-0.4, -0.2) is 18.1 Å². The third-order valence-corrected chi connectivity index (χ3v) is 1.72. The zero-order chi connectivity index (χ0) is 9.97. The van der Waals surface area contributed by atoms with Gasteiger partial charge in [0.15, 0.2) is 12.0 Å². The molecule has 5 nitrogen and oxygen atoms in total. The van der Waals surface area contributed by atoms with Crippen LogP contribution in [0.3, 0.4) is 0 Å². The molecule has 1 amide bonds. The summed E-state index contributed by atoms with van der Waals surface area (Å²) in [5, 5.41) is 2.35. The maximum absolute atomic E-state index is 10.9. The van der Waals surface area contributed by atoms with E-state index >= 15 is 0 Å². The lowest BCUT2D eigenvalue weighted by Gasteiger charge is -2.01. The number of hydrogen-bond acceptors (Lipinski definition) is 4. The van der Waals surface area contributed by atoms with Crippen LogP contribution in [0.1, 0.15) is 0 Å². The van der Waals surface area contributed by atoms with E-state index in [4.69, 9.17) is 9.15 Å². The van der Waals surface area contributed by atoms with Crippen molar-refractivity contribution >= 4 is 17.2 Å². The zero-order valence-corrected chi connectivity index (χ0v) is 7.48. The van der Waals surface area contributed by atoms with Gasteiger partial charge in [-0.2, -0.15) is 0 Å². The van der Waals surface area contributed by atoms with Crippen molar-refractivity contribution in [3.63, 3.8) is 0 Å². The van der Waals surface area contributed by atoms with Gasteiger partial charge in [0.25, 0.3) is 0 Å². The van der Waals surface area contributed by atoms with Crippen LogP contribution in [0.2, 0.25) is 0 Å². The van der Waals surface area contributed by atoms with Gasteiger partial charge in [0.2, 0.25) is 0 Å². The highest BCUT2D eigenvalue weighted by Gasteiger charge is 2.04. The highest BCUT2D eigenvalue weighted by Crippen LogP contribution is 2.19. The molecule has 14 heavy (non-hydrogen) atoms. The Morgan fingerprint density at radius 3 is 3.21 bits per heavy atom. The van der Waals surface area contributed by atoms with Crippen molar-refractivity contribution in [2.45, 2.75) is 0 Å². The molecule has 0 fully saturated rings. The van der Waals surface area contributed by atoms with E-state index in [-0.39, 0.29) is 0 Å². The van der Waals surface area contributed by atoms with Gasteiger partial charge >= 0.3 is 6.09 Å². The van der Waals surface area contributed by atoms with E-state index in [2.05, 4.69) is 10.3 Å². The minimum absolute atomic E-state index is 0.436. The third-order valence-electron chi connectivity index (χ3n) is 1.72. The number of carbonyl (C=O) groups is 1. The third kappa shape index (κ3) is 1.52. The van der Waals surface area contributed by atoms with E-state index < -0.39 is 6.09 Å². The molecule has 0 aliphatic carbocycles. The van der Waals surface area contributed by atoms with E-state index in [1.54, 1.807) is 18.2 Å².